The highest BCUT2D eigenvalue weighted by molar-refractivity contribution is 5.82. The number of oxime groups is 1. The zero-order valence-electron chi connectivity index (χ0n) is 10.2. The van der Waals surface area contributed by atoms with E-state index in [9.17, 15) is 4.79 Å². The van der Waals surface area contributed by atoms with E-state index in [4.69, 9.17) is 5.21 Å². The molecule has 0 saturated carbocycles. The van der Waals surface area contributed by atoms with Gasteiger partial charge in [0, 0.05) is 11.5 Å². The third-order valence-electron chi connectivity index (χ3n) is 2.25. The SMILES string of the molecule is CC(C)(C)C(=O)C[n+]1cccc(C=NO)c1.[Br-]. The molecule has 17 heavy (non-hydrogen) atoms. The summed E-state index contributed by atoms with van der Waals surface area (Å²) in [6.07, 6.45) is 4.92. The fourth-order valence-electron chi connectivity index (χ4n) is 1.19. The first kappa shape index (κ1) is 15.8. The number of hydrogen-bond acceptors (Lipinski definition) is 3. The van der Waals surface area contributed by atoms with Crippen molar-refractivity contribution in [2.45, 2.75) is 27.3 Å². The molecule has 0 saturated heterocycles. The average molecular weight is 301 g/mol. The Hall–Kier alpha value is -1.23. The second kappa shape index (κ2) is 6.49. The van der Waals surface area contributed by atoms with Gasteiger partial charge < -0.3 is 22.2 Å². The molecule has 1 aromatic heterocycles. The Morgan fingerprint density at radius 3 is 2.71 bits per heavy atom. The summed E-state index contributed by atoms with van der Waals surface area (Å²) >= 11 is 0. The van der Waals surface area contributed by atoms with Gasteiger partial charge in [-0.05, 0) is 6.07 Å². The molecule has 5 heteroatoms. The van der Waals surface area contributed by atoms with Crippen LogP contribution in [0.15, 0.2) is 29.7 Å². The molecular weight excluding hydrogens is 284 g/mol. The molecule has 0 fully saturated rings. The molecule has 0 unspecified atom stereocenters. The van der Waals surface area contributed by atoms with E-state index >= 15 is 0 Å². The van der Waals surface area contributed by atoms with E-state index < -0.39 is 0 Å². The van der Waals surface area contributed by atoms with Crippen molar-refractivity contribution in [2.24, 2.45) is 10.6 Å². The van der Waals surface area contributed by atoms with Gasteiger partial charge in [-0.25, -0.2) is 0 Å². The van der Waals surface area contributed by atoms with Crippen molar-refractivity contribution in [1.82, 2.24) is 0 Å². The number of rotatable bonds is 3. The quantitative estimate of drug-likeness (QED) is 0.316. The lowest BCUT2D eigenvalue weighted by Gasteiger charge is -2.13. The minimum Gasteiger partial charge on any atom is -1.00 e. The molecule has 0 aliphatic rings. The molecule has 0 aliphatic heterocycles. The van der Waals surface area contributed by atoms with Crippen molar-refractivity contribution in [3.05, 3.63) is 30.1 Å². The monoisotopic (exact) mass is 300 g/mol. The van der Waals surface area contributed by atoms with Crippen LogP contribution in [0, 0.1) is 5.41 Å². The fraction of sp³-hybridized carbons (Fsp3) is 0.417. The van der Waals surface area contributed by atoms with Gasteiger partial charge in [-0.1, -0.05) is 25.9 Å². The topological polar surface area (TPSA) is 53.5 Å². The Labute approximate surface area is 112 Å². The summed E-state index contributed by atoms with van der Waals surface area (Å²) in [6, 6.07) is 3.62. The molecule has 94 valence electrons. The van der Waals surface area contributed by atoms with E-state index in [0.29, 0.717) is 6.54 Å². The number of aromatic nitrogens is 1. The van der Waals surface area contributed by atoms with E-state index in [1.165, 1.54) is 6.21 Å². The Morgan fingerprint density at radius 2 is 2.18 bits per heavy atom. The van der Waals surface area contributed by atoms with Crippen molar-refractivity contribution >= 4 is 12.0 Å². The van der Waals surface area contributed by atoms with Crippen molar-refractivity contribution in [3.63, 3.8) is 0 Å². The van der Waals surface area contributed by atoms with Gasteiger partial charge >= 0.3 is 0 Å². The number of carbonyl (C=O) groups excluding carboxylic acids is 1. The Morgan fingerprint density at radius 1 is 1.53 bits per heavy atom. The number of halogens is 1. The van der Waals surface area contributed by atoms with Crippen molar-refractivity contribution in [2.75, 3.05) is 0 Å². The molecule has 0 radical (unpaired) electrons. The van der Waals surface area contributed by atoms with Crippen LogP contribution in [0.2, 0.25) is 0 Å². The molecular formula is C12H17BrN2O2. The molecule has 0 aliphatic carbocycles. The lowest BCUT2D eigenvalue weighted by Crippen LogP contribution is -3.00. The number of Topliss-reactive ketones (excluding diaryl/α,β-unsaturated/α-hetero) is 1. The van der Waals surface area contributed by atoms with Crippen molar-refractivity contribution in [1.29, 1.82) is 0 Å². The number of nitrogens with zero attached hydrogens (tertiary/aromatic N) is 2. The Bertz CT molecular complexity index is 411. The summed E-state index contributed by atoms with van der Waals surface area (Å²) < 4.78 is 1.78. The minimum absolute atomic E-state index is 0. The second-order valence-electron chi connectivity index (χ2n) is 4.73. The second-order valence-corrected chi connectivity index (χ2v) is 4.73. The molecule has 1 rings (SSSR count). The van der Waals surface area contributed by atoms with Gasteiger partial charge in [-0.15, -0.1) is 0 Å². The predicted octanol–water partition coefficient (Wildman–Crippen LogP) is -1.60. The highest BCUT2D eigenvalue weighted by Crippen LogP contribution is 2.14. The normalized spacial score (nSPS) is 11.2. The minimum atomic E-state index is -0.339. The van der Waals surface area contributed by atoms with Crippen LogP contribution in [0.1, 0.15) is 26.3 Å². The molecule has 1 heterocycles. The molecule has 1 aromatic rings. The molecule has 0 spiro atoms. The van der Waals surface area contributed by atoms with Gasteiger partial charge in [0.2, 0.25) is 12.3 Å². The van der Waals surface area contributed by atoms with Gasteiger partial charge in [-0.2, -0.15) is 4.57 Å². The zero-order valence-corrected chi connectivity index (χ0v) is 11.8. The molecule has 0 aromatic carbocycles. The maximum Gasteiger partial charge on any atom is 0.207 e. The van der Waals surface area contributed by atoms with Crippen LogP contribution in [0.4, 0.5) is 0 Å². The average Bonchev–Trinajstić information content (AvgIpc) is 2.17. The van der Waals surface area contributed by atoms with Crippen LogP contribution in [-0.4, -0.2) is 17.2 Å². The van der Waals surface area contributed by atoms with Gasteiger partial charge in [0.25, 0.3) is 0 Å². The first-order valence-electron chi connectivity index (χ1n) is 5.13. The van der Waals surface area contributed by atoms with Crippen molar-refractivity contribution < 1.29 is 31.6 Å². The number of hydrogen-bond donors (Lipinski definition) is 1. The maximum absolute atomic E-state index is 11.8. The lowest BCUT2D eigenvalue weighted by molar-refractivity contribution is -0.684. The first-order chi connectivity index (χ1) is 7.43. The maximum atomic E-state index is 11.8. The summed E-state index contributed by atoms with van der Waals surface area (Å²) in [4.78, 5) is 11.8. The number of ketones is 1. The lowest BCUT2D eigenvalue weighted by atomic mass is 9.91. The molecule has 0 atom stereocenters. The summed E-state index contributed by atoms with van der Waals surface area (Å²) in [7, 11) is 0. The highest BCUT2D eigenvalue weighted by Gasteiger charge is 2.24. The molecule has 0 amide bonds. The van der Waals surface area contributed by atoms with Crippen LogP contribution >= 0.6 is 0 Å². The van der Waals surface area contributed by atoms with Gasteiger partial charge in [0.05, 0.1) is 11.8 Å². The largest absolute Gasteiger partial charge is 1.00 e. The molecule has 1 N–H and O–H groups in total. The third-order valence-corrected chi connectivity index (χ3v) is 2.25. The third kappa shape index (κ3) is 5.08. The standard InChI is InChI=1S/C12H16N2O2.BrH/c1-12(2,3)11(15)9-14-6-4-5-10(8-14)7-13-16;/h4-8H,9H2,1-3H3;1H. The first-order valence-corrected chi connectivity index (χ1v) is 5.13. The Kier molecular flexibility index (Phi) is 6.02. The van der Waals surface area contributed by atoms with Crippen LogP contribution in [0.5, 0.6) is 0 Å². The van der Waals surface area contributed by atoms with E-state index in [1.54, 1.807) is 16.8 Å². The number of pyridine rings is 1. The van der Waals surface area contributed by atoms with E-state index in [-0.39, 0.29) is 28.2 Å². The van der Waals surface area contributed by atoms with Gasteiger partial charge in [-0.3, -0.25) is 4.79 Å². The zero-order chi connectivity index (χ0) is 12.2. The number of carbonyl (C=O) groups is 1. The van der Waals surface area contributed by atoms with E-state index in [0.717, 1.165) is 5.56 Å². The Balaban J connectivity index is 0.00000256. The summed E-state index contributed by atoms with van der Waals surface area (Å²) in [5.74, 6) is 0.163. The molecule has 0 bridgehead atoms. The predicted molar refractivity (Wildman–Crippen MR) is 60.5 cm³/mol. The van der Waals surface area contributed by atoms with Crippen LogP contribution in [0.25, 0.3) is 0 Å². The van der Waals surface area contributed by atoms with Crippen molar-refractivity contribution in [3.8, 4) is 0 Å². The van der Waals surface area contributed by atoms with Gasteiger partial charge in [0.1, 0.15) is 0 Å². The van der Waals surface area contributed by atoms with E-state index in [1.807, 2.05) is 33.0 Å². The van der Waals surface area contributed by atoms with Gasteiger partial charge in [0.15, 0.2) is 12.4 Å². The smallest absolute Gasteiger partial charge is 0.207 e. The summed E-state index contributed by atoms with van der Waals surface area (Å²) in [6.45, 7) is 6.02. The van der Waals surface area contributed by atoms with Crippen LogP contribution in [0.3, 0.4) is 0 Å². The fourth-order valence-corrected chi connectivity index (χ4v) is 1.19. The van der Waals surface area contributed by atoms with E-state index in [2.05, 4.69) is 5.16 Å². The van der Waals surface area contributed by atoms with Crippen LogP contribution in [-0.2, 0) is 11.3 Å². The van der Waals surface area contributed by atoms with Crippen LogP contribution < -0.4 is 21.5 Å². The molecule has 4 nitrogen and oxygen atoms in total. The highest BCUT2D eigenvalue weighted by atomic mass is 79.9. The summed E-state index contributed by atoms with van der Waals surface area (Å²) in [5.41, 5.74) is 0.417. The summed E-state index contributed by atoms with van der Waals surface area (Å²) in [5, 5.41) is 11.4.